The van der Waals surface area contributed by atoms with E-state index in [0.29, 0.717) is 0 Å². The largest absolute Gasteiger partial charge is 0.380 e. The van der Waals surface area contributed by atoms with Gasteiger partial charge < -0.3 is 15.5 Å². The Balaban J connectivity index is 4.30. The minimum Gasteiger partial charge on any atom is -0.380 e. The van der Waals surface area contributed by atoms with Gasteiger partial charge in [0, 0.05) is 13.5 Å². The highest BCUT2D eigenvalue weighted by Gasteiger charge is 2.30. The fourth-order valence-corrected chi connectivity index (χ4v) is 0.813. The van der Waals surface area contributed by atoms with Crippen LogP contribution >= 0.6 is 0 Å². The van der Waals surface area contributed by atoms with Crippen LogP contribution in [0.2, 0.25) is 0 Å². The van der Waals surface area contributed by atoms with Crippen molar-refractivity contribution in [3.05, 3.63) is 0 Å². The van der Waals surface area contributed by atoms with E-state index in [2.05, 4.69) is 5.32 Å². The van der Waals surface area contributed by atoms with Crippen LogP contribution in [0.4, 0.5) is 0 Å². The molecule has 0 bridgehead atoms. The Morgan fingerprint density at radius 3 is 2.00 bits per heavy atom. The molecule has 0 heterocycles. The number of imide groups is 1. The van der Waals surface area contributed by atoms with Gasteiger partial charge >= 0.3 is 0 Å². The number of rotatable bonds is 4. The molecule has 2 atom stereocenters. The summed E-state index contributed by atoms with van der Waals surface area (Å²) < 4.78 is 0. The molecule has 15 heavy (non-hydrogen) atoms. The molecular formula is C8H14N2O5. The van der Waals surface area contributed by atoms with Gasteiger partial charge in [-0.05, 0) is 6.92 Å². The van der Waals surface area contributed by atoms with Crippen molar-refractivity contribution in [3.8, 4) is 0 Å². The summed E-state index contributed by atoms with van der Waals surface area (Å²) in [7, 11) is 0. The van der Waals surface area contributed by atoms with Gasteiger partial charge in [0.05, 0.1) is 0 Å². The Hall–Kier alpha value is -1.47. The number of likely N-dealkylation sites (N-methyl/N-ethyl adjacent to an activating group) is 1. The maximum Gasteiger partial charge on any atom is 0.258 e. The molecule has 0 saturated carbocycles. The predicted octanol–water partition coefficient (Wildman–Crippen LogP) is -2.49. The number of hydrogen-bond acceptors (Lipinski definition) is 5. The van der Waals surface area contributed by atoms with Gasteiger partial charge in [0.1, 0.15) is 0 Å². The molecule has 0 aliphatic rings. The molecule has 0 rings (SSSR count). The average molecular weight is 218 g/mol. The second-order valence-electron chi connectivity index (χ2n) is 2.83. The van der Waals surface area contributed by atoms with Gasteiger partial charge in [-0.3, -0.25) is 19.7 Å². The third-order valence-electron chi connectivity index (χ3n) is 1.49. The summed E-state index contributed by atoms with van der Waals surface area (Å²) in [5.74, 6) is -2.66. The number of nitrogens with one attached hydrogen (secondary N) is 2. The SMILES string of the molecule is CCNC(=O)[C@H](O)[C@@H](O)C(=O)NC(C)=O. The first-order valence-electron chi connectivity index (χ1n) is 4.35. The smallest absolute Gasteiger partial charge is 0.258 e. The number of carbonyl (C=O) groups is 3. The molecule has 0 unspecified atom stereocenters. The Bertz CT molecular complexity index is 266. The van der Waals surface area contributed by atoms with Crippen molar-refractivity contribution in [2.24, 2.45) is 0 Å². The molecule has 0 aromatic carbocycles. The molecule has 0 aliphatic carbocycles. The molecule has 0 saturated heterocycles. The van der Waals surface area contributed by atoms with Gasteiger partial charge in [-0.25, -0.2) is 0 Å². The second-order valence-corrected chi connectivity index (χ2v) is 2.83. The van der Waals surface area contributed by atoms with Gasteiger partial charge in [-0.15, -0.1) is 0 Å². The zero-order chi connectivity index (χ0) is 12.0. The predicted molar refractivity (Wildman–Crippen MR) is 49.5 cm³/mol. The highest BCUT2D eigenvalue weighted by molar-refractivity contribution is 5.99. The van der Waals surface area contributed by atoms with E-state index in [0.717, 1.165) is 6.92 Å². The Morgan fingerprint density at radius 1 is 1.13 bits per heavy atom. The van der Waals surface area contributed by atoms with Gasteiger partial charge in [0.2, 0.25) is 5.91 Å². The van der Waals surface area contributed by atoms with E-state index in [4.69, 9.17) is 10.2 Å². The van der Waals surface area contributed by atoms with Crippen LogP contribution in [0.5, 0.6) is 0 Å². The number of aliphatic hydroxyl groups excluding tert-OH is 2. The molecule has 0 fully saturated rings. The van der Waals surface area contributed by atoms with E-state index in [1.54, 1.807) is 12.2 Å². The van der Waals surface area contributed by atoms with Crippen molar-refractivity contribution in [2.45, 2.75) is 26.1 Å². The van der Waals surface area contributed by atoms with Crippen molar-refractivity contribution in [1.82, 2.24) is 10.6 Å². The van der Waals surface area contributed by atoms with E-state index >= 15 is 0 Å². The lowest BCUT2D eigenvalue weighted by Gasteiger charge is -2.15. The Morgan fingerprint density at radius 2 is 1.60 bits per heavy atom. The highest BCUT2D eigenvalue weighted by atomic mass is 16.3. The van der Waals surface area contributed by atoms with E-state index in [1.165, 1.54) is 0 Å². The van der Waals surface area contributed by atoms with Gasteiger partial charge in [0.15, 0.2) is 12.2 Å². The zero-order valence-electron chi connectivity index (χ0n) is 8.48. The third-order valence-corrected chi connectivity index (χ3v) is 1.49. The topological polar surface area (TPSA) is 116 Å². The van der Waals surface area contributed by atoms with E-state index in [-0.39, 0.29) is 6.54 Å². The van der Waals surface area contributed by atoms with Gasteiger partial charge in [-0.1, -0.05) is 0 Å². The summed E-state index contributed by atoms with van der Waals surface area (Å²) in [5.41, 5.74) is 0. The summed E-state index contributed by atoms with van der Waals surface area (Å²) in [6.07, 6.45) is -3.84. The molecule has 0 spiro atoms. The van der Waals surface area contributed by atoms with Crippen LogP contribution in [-0.2, 0) is 14.4 Å². The van der Waals surface area contributed by atoms with Crippen LogP contribution in [0.15, 0.2) is 0 Å². The summed E-state index contributed by atoms with van der Waals surface area (Å²) in [6, 6.07) is 0. The first-order chi connectivity index (χ1) is 6.90. The lowest BCUT2D eigenvalue weighted by molar-refractivity contribution is -0.147. The summed E-state index contributed by atoms with van der Waals surface area (Å²) >= 11 is 0. The van der Waals surface area contributed by atoms with Crippen LogP contribution in [0.25, 0.3) is 0 Å². The van der Waals surface area contributed by atoms with Crippen molar-refractivity contribution in [1.29, 1.82) is 0 Å². The molecule has 0 aliphatic heterocycles. The number of amides is 3. The first kappa shape index (κ1) is 13.5. The van der Waals surface area contributed by atoms with Gasteiger partial charge in [-0.2, -0.15) is 0 Å². The third kappa shape index (κ3) is 4.52. The highest BCUT2D eigenvalue weighted by Crippen LogP contribution is 1.94. The first-order valence-corrected chi connectivity index (χ1v) is 4.35. The monoisotopic (exact) mass is 218 g/mol. The number of aliphatic hydroxyl groups is 2. The molecule has 7 heteroatoms. The van der Waals surface area contributed by atoms with Crippen LogP contribution in [0, 0.1) is 0 Å². The quantitative estimate of drug-likeness (QED) is 0.416. The van der Waals surface area contributed by atoms with Crippen molar-refractivity contribution >= 4 is 17.7 Å². The van der Waals surface area contributed by atoms with Crippen molar-refractivity contribution in [3.63, 3.8) is 0 Å². The lowest BCUT2D eigenvalue weighted by Crippen LogP contribution is -2.50. The van der Waals surface area contributed by atoms with Crippen molar-refractivity contribution < 1.29 is 24.6 Å². The van der Waals surface area contributed by atoms with E-state index in [1.807, 2.05) is 0 Å². The lowest BCUT2D eigenvalue weighted by atomic mass is 10.2. The zero-order valence-corrected chi connectivity index (χ0v) is 8.48. The van der Waals surface area contributed by atoms with Crippen LogP contribution < -0.4 is 10.6 Å². The summed E-state index contributed by atoms with van der Waals surface area (Å²) in [4.78, 5) is 32.4. The van der Waals surface area contributed by atoms with Gasteiger partial charge in [0.25, 0.3) is 11.8 Å². The summed E-state index contributed by atoms with van der Waals surface area (Å²) in [5, 5.41) is 22.3. The number of carbonyl (C=O) groups excluding carboxylic acids is 3. The average Bonchev–Trinajstić information content (AvgIpc) is 2.14. The Labute approximate surface area is 86.5 Å². The van der Waals surface area contributed by atoms with Crippen LogP contribution in [0.1, 0.15) is 13.8 Å². The molecule has 7 nitrogen and oxygen atoms in total. The number of hydrogen-bond donors (Lipinski definition) is 4. The molecule has 0 aromatic heterocycles. The fourth-order valence-electron chi connectivity index (χ4n) is 0.813. The van der Waals surface area contributed by atoms with Crippen LogP contribution in [0.3, 0.4) is 0 Å². The second kappa shape index (κ2) is 6.10. The van der Waals surface area contributed by atoms with E-state index < -0.39 is 29.9 Å². The molecule has 4 N–H and O–H groups in total. The maximum absolute atomic E-state index is 11.0. The normalized spacial score (nSPS) is 13.9. The van der Waals surface area contributed by atoms with E-state index in [9.17, 15) is 14.4 Å². The minimum absolute atomic E-state index is 0.261. The molecule has 3 amide bonds. The molecular weight excluding hydrogens is 204 g/mol. The maximum atomic E-state index is 11.0. The Kier molecular flexibility index (Phi) is 5.50. The standard InChI is InChI=1S/C8H14N2O5/c1-3-9-7(14)5(12)6(13)8(15)10-4(2)11/h5-6,12-13H,3H2,1-2H3,(H,9,14)(H,10,11,15)/t5-,6-/m1/s1. The minimum atomic E-state index is -1.96. The van der Waals surface area contributed by atoms with Crippen LogP contribution in [-0.4, -0.2) is 46.7 Å². The summed E-state index contributed by atoms with van der Waals surface area (Å²) in [6.45, 7) is 2.95. The van der Waals surface area contributed by atoms with Crippen molar-refractivity contribution in [2.75, 3.05) is 6.54 Å². The molecule has 86 valence electrons. The molecule has 0 radical (unpaired) electrons. The molecule has 0 aromatic rings. The fraction of sp³-hybridized carbons (Fsp3) is 0.625.